The van der Waals surface area contributed by atoms with Crippen molar-refractivity contribution in [3.8, 4) is 0 Å². The number of ether oxygens (including phenoxy) is 3. The van der Waals surface area contributed by atoms with Crippen LogP contribution in [0, 0.1) is 23.7 Å². The van der Waals surface area contributed by atoms with Gasteiger partial charge in [0, 0.05) is 5.92 Å². The summed E-state index contributed by atoms with van der Waals surface area (Å²) in [7, 11) is 0.767. The van der Waals surface area contributed by atoms with Gasteiger partial charge in [0.1, 0.15) is 5.60 Å². The summed E-state index contributed by atoms with van der Waals surface area (Å²) in [5, 5.41) is 1.43. The average molecular weight is 613 g/mol. The molecule has 2 radical (unpaired) electrons. The van der Waals surface area contributed by atoms with E-state index in [-0.39, 0.29) is 6.10 Å². The average Bonchev–Trinajstić information content (AvgIpc) is 3.64. The van der Waals surface area contributed by atoms with E-state index in [0.717, 1.165) is 35.2 Å². The van der Waals surface area contributed by atoms with E-state index in [1.165, 1.54) is 34.7 Å². The van der Waals surface area contributed by atoms with E-state index >= 15 is 0 Å². The van der Waals surface area contributed by atoms with Crippen LogP contribution in [0.25, 0.3) is 0 Å². The van der Waals surface area contributed by atoms with Gasteiger partial charge in [-0.1, -0.05) is 144 Å². The fraction of sp³-hybridized carbons (Fsp3) is 0.366. The van der Waals surface area contributed by atoms with E-state index in [1.807, 2.05) is 13.8 Å². The highest BCUT2D eigenvalue weighted by atomic mass is 28.2. The SMILES string of the molecule is CC1(C)OCC(/C=C2\CC[C@@H]3[C@@H](OC(c4ccccc4)(c4ccccc4)c4ccccc4)[C@H](C[Si]c4ccccc4)C[C@@H]23)CO1. The Morgan fingerprint density at radius 2 is 1.27 bits per heavy atom. The Hall–Kier alpha value is -3.28. The summed E-state index contributed by atoms with van der Waals surface area (Å²) >= 11 is 0. The van der Waals surface area contributed by atoms with Gasteiger partial charge in [0.2, 0.25) is 0 Å². The molecule has 45 heavy (non-hydrogen) atoms. The molecule has 0 bridgehead atoms. The Bertz CT molecular complexity index is 1450. The van der Waals surface area contributed by atoms with Crippen LogP contribution in [0.4, 0.5) is 0 Å². The fourth-order valence-corrected chi connectivity index (χ4v) is 9.28. The van der Waals surface area contributed by atoms with Gasteiger partial charge in [-0.3, -0.25) is 0 Å². The Morgan fingerprint density at radius 1 is 0.756 bits per heavy atom. The van der Waals surface area contributed by atoms with Crippen molar-refractivity contribution in [1.82, 2.24) is 0 Å². The number of hydrogen-bond acceptors (Lipinski definition) is 3. The number of allylic oxidation sites excluding steroid dienone is 1. The van der Waals surface area contributed by atoms with Gasteiger partial charge in [-0.25, -0.2) is 0 Å². The minimum Gasteiger partial charge on any atom is -0.357 e. The summed E-state index contributed by atoms with van der Waals surface area (Å²) in [4.78, 5) is 0. The van der Waals surface area contributed by atoms with Crippen molar-refractivity contribution in [1.29, 1.82) is 0 Å². The maximum absolute atomic E-state index is 7.87. The lowest BCUT2D eigenvalue weighted by molar-refractivity contribution is -0.256. The van der Waals surface area contributed by atoms with E-state index in [0.29, 0.717) is 23.7 Å². The largest absolute Gasteiger partial charge is 0.357 e. The first kappa shape index (κ1) is 30.4. The number of rotatable bonds is 9. The molecule has 0 spiro atoms. The lowest BCUT2D eigenvalue weighted by Crippen LogP contribution is -2.41. The molecular formula is C41H44O3Si. The van der Waals surface area contributed by atoms with E-state index in [1.54, 1.807) is 5.57 Å². The standard InChI is InChI=1S/C41H44O3Si/c1-40(2)42-27-30(28-43-40)25-31-23-24-37-38(31)26-32(29-45-36-21-13-6-14-22-36)39(37)44-41(33-15-7-3-8-16-33,34-17-9-4-10-18-34)35-19-11-5-12-20-35/h3-22,25,30,32,37-39H,23-24,26-29H2,1-2H3/b31-25+/t32-,37-,38-,39-/m0/s1. The molecule has 2 aliphatic carbocycles. The summed E-state index contributed by atoms with van der Waals surface area (Å²) < 4.78 is 20.0. The van der Waals surface area contributed by atoms with Gasteiger partial charge in [-0.05, 0) is 67.6 Å². The molecule has 3 nitrogen and oxygen atoms in total. The van der Waals surface area contributed by atoms with Crippen molar-refractivity contribution < 1.29 is 14.2 Å². The number of fused-ring (bicyclic) bond motifs is 1. The predicted molar refractivity (Wildman–Crippen MR) is 183 cm³/mol. The maximum Gasteiger partial charge on any atom is 0.162 e. The van der Waals surface area contributed by atoms with Gasteiger partial charge < -0.3 is 14.2 Å². The number of benzene rings is 4. The first-order chi connectivity index (χ1) is 22.0. The number of hydrogen-bond donors (Lipinski definition) is 0. The molecule has 1 saturated heterocycles. The third-order valence-electron chi connectivity index (χ3n) is 10.1. The minimum atomic E-state index is -0.708. The van der Waals surface area contributed by atoms with Gasteiger partial charge in [0.15, 0.2) is 5.79 Å². The quantitative estimate of drug-likeness (QED) is 0.108. The molecule has 1 heterocycles. The maximum atomic E-state index is 7.87. The highest BCUT2D eigenvalue weighted by Crippen LogP contribution is 2.55. The molecule has 3 fully saturated rings. The smallest absolute Gasteiger partial charge is 0.162 e. The fourth-order valence-electron chi connectivity index (χ4n) is 7.95. The second kappa shape index (κ2) is 13.2. The van der Waals surface area contributed by atoms with Crippen molar-refractivity contribution >= 4 is 14.7 Å². The third kappa shape index (κ3) is 6.39. The second-order valence-corrected chi connectivity index (χ2v) is 14.8. The van der Waals surface area contributed by atoms with E-state index < -0.39 is 11.4 Å². The van der Waals surface area contributed by atoms with Crippen LogP contribution in [0.15, 0.2) is 133 Å². The first-order valence-corrected chi connectivity index (χ1v) is 17.8. The van der Waals surface area contributed by atoms with Crippen LogP contribution in [0.1, 0.15) is 49.8 Å². The Labute approximate surface area is 271 Å². The summed E-state index contributed by atoms with van der Waals surface area (Å²) in [5.74, 6) is 1.32. The molecule has 4 heteroatoms. The second-order valence-electron chi connectivity index (χ2n) is 13.4. The lowest BCUT2D eigenvalue weighted by atomic mass is 9.79. The van der Waals surface area contributed by atoms with Crippen molar-refractivity contribution in [2.75, 3.05) is 13.2 Å². The van der Waals surface area contributed by atoms with Crippen LogP contribution >= 0.6 is 0 Å². The van der Waals surface area contributed by atoms with Crippen molar-refractivity contribution in [3.63, 3.8) is 0 Å². The van der Waals surface area contributed by atoms with Gasteiger partial charge in [-0.2, -0.15) is 0 Å². The van der Waals surface area contributed by atoms with Crippen LogP contribution < -0.4 is 5.19 Å². The molecule has 0 unspecified atom stereocenters. The molecule has 0 N–H and O–H groups in total. The Morgan fingerprint density at radius 3 is 1.80 bits per heavy atom. The third-order valence-corrected chi connectivity index (χ3v) is 11.6. The molecule has 7 rings (SSSR count). The van der Waals surface area contributed by atoms with Crippen LogP contribution in [-0.4, -0.2) is 34.6 Å². The molecule has 4 aromatic rings. The van der Waals surface area contributed by atoms with Crippen molar-refractivity contribution in [2.24, 2.45) is 23.7 Å². The zero-order chi connectivity index (χ0) is 30.7. The molecule has 0 aromatic heterocycles. The summed E-state index contributed by atoms with van der Waals surface area (Å²) in [6.07, 6.45) is 6.13. The Balaban J connectivity index is 1.27. The molecule has 4 aromatic carbocycles. The molecule has 0 amide bonds. The normalized spacial score (nSPS) is 25.8. The molecule has 230 valence electrons. The lowest BCUT2D eigenvalue weighted by Gasteiger charge is -2.41. The van der Waals surface area contributed by atoms with Crippen molar-refractivity contribution in [3.05, 3.63) is 150 Å². The first-order valence-electron chi connectivity index (χ1n) is 16.6. The van der Waals surface area contributed by atoms with Gasteiger partial charge in [-0.15, -0.1) is 0 Å². The summed E-state index contributed by atoms with van der Waals surface area (Å²) in [6, 6.07) is 44.9. The predicted octanol–water partition coefficient (Wildman–Crippen LogP) is 8.18. The van der Waals surface area contributed by atoms with E-state index in [4.69, 9.17) is 14.2 Å². The molecular weight excluding hydrogens is 569 g/mol. The summed E-state index contributed by atoms with van der Waals surface area (Å²) in [5.41, 5.74) is 4.44. The molecule has 2 saturated carbocycles. The van der Waals surface area contributed by atoms with Crippen LogP contribution in [0.2, 0.25) is 6.04 Å². The van der Waals surface area contributed by atoms with Crippen LogP contribution in [0.3, 0.4) is 0 Å². The highest BCUT2D eigenvalue weighted by Gasteiger charge is 2.52. The monoisotopic (exact) mass is 612 g/mol. The highest BCUT2D eigenvalue weighted by molar-refractivity contribution is 6.53. The van der Waals surface area contributed by atoms with Gasteiger partial charge in [0.25, 0.3) is 0 Å². The molecule has 3 aliphatic rings. The van der Waals surface area contributed by atoms with Crippen LogP contribution in [0.5, 0.6) is 0 Å². The van der Waals surface area contributed by atoms with E-state index in [9.17, 15) is 0 Å². The van der Waals surface area contributed by atoms with Crippen LogP contribution in [-0.2, 0) is 19.8 Å². The molecule has 1 aliphatic heterocycles. The van der Waals surface area contributed by atoms with Gasteiger partial charge >= 0.3 is 0 Å². The van der Waals surface area contributed by atoms with Gasteiger partial charge in [0.05, 0.1) is 28.8 Å². The zero-order valence-corrected chi connectivity index (χ0v) is 27.5. The summed E-state index contributed by atoms with van der Waals surface area (Å²) in [6.45, 7) is 5.48. The van der Waals surface area contributed by atoms with Crippen molar-refractivity contribution in [2.45, 2.75) is 56.6 Å². The minimum absolute atomic E-state index is 0.135. The Kier molecular flexibility index (Phi) is 8.92. The molecule has 4 atom stereocenters. The topological polar surface area (TPSA) is 27.7 Å². The zero-order valence-electron chi connectivity index (χ0n) is 26.5. The van der Waals surface area contributed by atoms with E-state index in [2.05, 4.69) is 127 Å².